The van der Waals surface area contributed by atoms with Crippen molar-refractivity contribution in [2.24, 2.45) is 0 Å². The Hall–Kier alpha value is -1.95. The smallest absolute Gasteiger partial charge is 0.0992 e. The van der Waals surface area contributed by atoms with Gasteiger partial charge in [0.1, 0.15) is 0 Å². The van der Waals surface area contributed by atoms with Gasteiger partial charge in [0.05, 0.1) is 29.1 Å². The Labute approximate surface area is 87.3 Å². The zero-order valence-corrected chi connectivity index (χ0v) is 7.97. The Morgan fingerprint density at radius 1 is 1.29 bits per heavy atom. The van der Waals surface area contributed by atoms with Gasteiger partial charge in [-0.15, -0.1) is 0 Å². The number of benzene rings is 1. The first-order valence-electron chi connectivity index (χ1n) is 3.83. The predicted octanol–water partition coefficient (Wildman–Crippen LogP) is 2.48. The van der Waals surface area contributed by atoms with Crippen molar-refractivity contribution in [2.75, 3.05) is 0 Å². The molecule has 2 nitrogen and oxygen atoms in total. The molecular formula is C11H5ClN2. The summed E-state index contributed by atoms with van der Waals surface area (Å²) in [6, 6.07) is 8.75. The monoisotopic (exact) mass is 200 g/mol. The van der Waals surface area contributed by atoms with Gasteiger partial charge in [-0.2, -0.15) is 10.5 Å². The molecule has 1 aromatic rings. The minimum Gasteiger partial charge on any atom is -0.197 e. The molecule has 14 heavy (non-hydrogen) atoms. The molecule has 0 heterocycles. The molecule has 0 fully saturated rings. The van der Waals surface area contributed by atoms with Crippen LogP contribution in [-0.4, -0.2) is 0 Å². The summed E-state index contributed by atoms with van der Waals surface area (Å²) in [5, 5.41) is 17.3. The second kappa shape index (κ2) is 4.93. The van der Waals surface area contributed by atoms with Gasteiger partial charge in [-0.1, -0.05) is 23.4 Å². The van der Waals surface area contributed by atoms with Crippen LogP contribution < -0.4 is 0 Å². The standard InChI is InChI=1S/C11H5ClN2/c12-11-7-9(8-14)4-5-10(11)3-1-2-6-13/h4-5,7H,2H2. The van der Waals surface area contributed by atoms with E-state index in [1.165, 1.54) is 0 Å². The second-order valence-corrected chi connectivity index (χ2v) is 2.85. The molecule has 1 aromatic carbocycles. The molecule has 0 saturated carbocycles. The van der Waals surface area contributed by atoms with E-state index in [-0.39, 0.29) is 6.42 Å². The number of nitrogens with zero attached hydrogens (tertiary/aromatic N) is 2. The van der Waals surface area contributed by atoms with Crippen molar-refractivity contribution in [3.63, 3.8) is 0 Å². The van der Waals surface area contributed by atoms with Gasteiger partial charge in [0.2, 0.25) is 0 Å². The molecule has 1 rings (SSSR count). The molecule has 0 atom stereocenters. The Kier molecular flexibility index (Phi) is 3.57. The average molecular weight is 201 g/mol. The van der Waals surface area contributed by atoms with Crippen LogP contribution >= 0.6 is 11.6 Å². The lowest BCUT2D eigenvalue weighted by Gasteiger charge is -1.94. The van der Waals surface area contributed by atoms with Crippen molar-refractivity contribution in [1.82, 2.24) is 0 Å². The third-order valence-electron chi connectivity index (χ3n) is 1.49. The molecule has 0 saturated heterocycles. The van der Waals surface area contributed by atoms with Gasteiger partial charge < -0.3 is 0 Å². The van der Waals surface area contributed by atoms with Crippen molar-refractivity contribution >= 4 is 11.6 Å². The van der Waals surface area contributed by atoms with Crippen LogP contribution in [0.25, 0.3) is 0 Å². The lowest BCUT2D eigenvalue weighted by Crippen LogP contribution is -1.79. The fraction of sp³-hybridized carbons (Fsp3) is 0.0909. The lowest BCUT2D eigenvalue weighted by molar-refractivity contribution is 1.39. The summed E-state index contributed by atoms with van der Waals surface area (Å²) in [5.41, 5.74) is 1.14. The Morgan fingerprint density at radius 3 is 2.64 bits per heavy atom. The van der Waals surface area contributed by atoms with Gasteiger partial charge in [0.25, 0.3) is 0 Å². The number of hydrogen-bond donors (Lipinski definition) is 0. The van der Waals surface area contributed by atoms with E-state index in [9.17, 15) is 0 Å². The summed E-state index contributed by atoms with van der Waals surface area (Å²) < 4.78 is 0. The fourth-order valence-electron chi connectivity index (χ4n) is 0.865. The predicted molar refractivity (Wildman–Crippen MR) is 53.3 cm³/mol. The molecule has 0 aromatic heterocycles. The minimum absolute atomic E-state index is 0.177. The highest BCUT2D eigenvalue weighted by Gasteiger charge is 1.97. The third-order valence-corrected chi connectivity index (χ3v) is 1.80. The molecule has 0 N–H and O–H groups in total. The van der Waals surface area contributed by atoms with Gasteiger partial charge >= 0.3 is 0 Å². The van der Waals surface area contributed by atoms with Crippen LogP contribution in [-0.2, 0) is 0 Å². The molecule has 66 valence electrons. The molecule has 0 spiro atoms. The largest absolute Gasteiger partial charge is 0.197 e. The highest BCUT2D eigenvalue weighted by Crippen LogP contribution is 2.16. The maximum atomic E-state index is 8.58. The molecular weight excluding hydrogens is 196 g/mol. The van der Waals surface area contributed by atoms with Crippen LogP contribution in [0.4, 0.5) is 0 Å². The van der Waals surface area contributed by atoms with Crippen molar-refractivity contribution in [3.05, 3.63) is 34.3 Å². The summed E-state index contributed by atoms with van der Waals surface area (Å²) in [6.07, 6.45) is 0.177. The number of nitriles is 2. The van der Waals surface area contributed by atoms with E-state index >= 15 is 0 Å². The van der Waals surface area contributed by atoms with Gasteiger partial charge in [0.15, 0.2) is 0 Å². The van der Waals surface area contributed by atoms with Gasteiger partial charge in [-0.3, -0.25) is 0 Å². The molecule has 0 aliphatic rings. The van der Waals surface area contributed by atoms with E-state index in [0.717, 1.165) is 0 Å². The van der Waals surface area contributed by atoms with Crippen LogP contribution in [0.3, 0.4) is 0 Å². The van der Waals surface area contributed by atoms with E-state index in [4.69, 9.17) is 22.1 Å². The topological polar surface area (TPSA) is 47.6 Å². The molecule has 0 radical (unpaired) electrons. The summed E-state index contributed by atoms with van der Waals surface area (Å²) in [4.78, 5) is 0. The van der Waals surface area contributed by atoms with Crippen LogP contribution in [0, 0.1) is 34.5 Å². The second-order valence-electron chi connectivity index (χ2n) is 2.44. The van der Waals surface area contributed by atoms with Gasteiger partial charge in [-0.25, -0.2) is 0 Å². The molecule has 0 aliphatic carbocycles. The highest BCUT2D eigenvalue weighted by molar-refractivity contribution is 6.31. The average Bonchev–Trinajstić information content (AvgIpc) is 2.20. The normalized spacial score (nSPS) is 7.93. The van der Waals surface area contributed by atoms with Crippen molar-refractivity contribution in [2.45, 2.75) is 6.42 Å². The van der Waals surface area contributed by atoms with E-state index in [1.807, 2.05) is 12.1 Å². The molecule has 0 bridgehead atoms. The molecule has 0 unspecified atom stereocenters. The zero-order valence-electron chi connectivity index (χ0n) is 7.21. The van der Waals surface area contributed by atoms with Crippen molar-refractivity contribution < 1.29 is 0 Å². The minimum atomic E-state index is 0.177. The quantitative estimate of drug-likeness (QED) is 0.604. The maximum absolute atomic E-state index is 8.58. The number of rotatable bonds is 0. The van der Waals surface area contributed by atoms with Crippen LogP contribution in [0.1, 0.15) is 17.5 Å². The van der Waals surface area contributed by atoms with E-state index in [2.05, 4.69) is 11.8 Å². The third kappa shape index (κ3) is 2.53. The van der Waals surface area contributed by atoms with Crippen molar-refractivity contribution in [1.29, 1.82) is 10.5 Å². The molecule has 3 heteroatoms. The fourth-order valence-corrected chi connectivity index (χ4v) is 1.09. The van der Waals surface area contributed by atoms with Crippen molar-refractivity contribution in [3.8, 4) is 24.0 Å². The van der Waals surface area contributed by atoms with E-state index in [1.54, 1.807) is 18.2 Å². The molecule has 0 amide bonds. The highest BCUT2D eigenvalue weighted by atomic mass is 35.5. The van der Waals surface area contributed by atoms with E-state index < -0.39 is 0 Å². The Balaban J connectivity index is 2.99. The summed E-state index contributed by atoms with van der Waals surface area (Å²) >= 11 is 5.85. The van der Waals surface area contributed by atoms with Gasteiger partial charge in [-0.05, 0) is 18.2 Å². The zero-order chi connectivity index (χ0) is 10.4. The van der Waals surface area contributed by atoms with Crippen LogP contribution in [0.5, 0.6) is 0 Å². The van der Waals surface area contributed by atoms with Gasteiger partial charge in [0, 0.05) is 5.56 Å². The molecule has 0 aliphatic heterocycles. The Bertz CT molecular complexity index is 481. The van der Waals surface area contributed by atoms with E-state index in [0.29, 0.717) is 16.1 Å². The lowest BCUT2D eigenvalue weighted by atomic mass is 10.1. The summed E-state index contributed by atoms with van der Waals surface area (Å²) in [7, 11) is 0. The first-order chi connectivity index (χ1) is 6.77. The SMILES string of the molecule is N#CCC#Cc1ccc(C#N)cc1Cl. The first-order valence-corrected chi connectivity index (χ1v) is 4.21. The summed E-state index contributed by atoms with van der Waals surface area (Å²) in [5.74, 6) is 5.40. The van der Waals surface area contributed by atoms with Crippen LogP contribution in [0.15, 0.2) is 18.2 Å². The number of halogens is 1. The van der Waals surface area contributed by atoms with Crippen LogP contribution in [0.2, 0.25) is 5.02 Å². The Morgan fingerprint density at radius 2 is 2.07 bits per heavy atom. The first kappa shape index (κ1) is 10.1. The summed E-state index contributed by atoms with van der Waals surface area (Å²) in [6.45, 7) is 0. The number of hydrogen-bond acceptors (Lipinski definition) is 2. The maximum Gasteiger partial charge on any atom is 0.0992 e.